The van der Waals surface area contributed by atoms with Gasteiger partial charge in [-0.25, -0.2) is 4.98 Å². The van der Waals surface area contributed by atoms with Crippen LogP contribution in [0.4, 0.5) is 5.69 Å². The van der Waals surface area contributed by atoms with Crippen molar-refractivity contribution in [1.29, 1.82) is 0 Å². The smallest absolute Gasteiger partial charge is 0.291 e. The fraction of sp³-hybridized carbons (Fsp3) is 0.212. The Morgan fingerprint density at radius 3 is 2.63 bits per heavy atom. The number of hydrogen-bond acceptors (Lipinski definition) is 10. The van der Waals surface area contributed by atoms with Gasteiger partial charge in [0.15, 0.2) is 22.7 Å². The molecule has 13 nitrogen and oxygen atoms in total. The summed E-state index contributed by atoms with van der Waals surface area (Å²) in [5.74, 6) is 0.249. The van der Waals surface area contributed by atoms with E-state index in [1.807, 2.05) is 24.7 Å². The molecule has 1 aliphatic heterocycles. The van der Waals surface area contributed by atoms with Crippen molar-refractivity contribution < 1.29 is 18.7 Å². The first-order valence-electron chi connectivity index (χ1n) is 14.7. The average molecular weight is 619 g/mol. The topological polar surface area (TPSA) is 142 Å². The van der Waals surface area contributed by atoms with Crippen LogP contribution in [0.25, 0.3) is 28.0 Å². The molecule has 3 aromatic heterocycles. The van der Waals surface area contributed by atoms with E-state index in [-0.39, 0.29) is 17.0 Å². The quantitative estimate of drug-likeness (QED) is 0.253. The van der Waals surface area contributed by atoms with E-state index in [0.29, 0.717) is 33.7 Å². The average Bonchev–Trinajstić information content (AvgIpc) is 3.77. The number of fused-ring (bicyclic) bond motifs is 2. The molecule has 1 N–H and O–H groups in total. The number of rotatable bonds is 9. The van der Waals surface area contributed by atoms with Gasteiger partial charge in [-0.2, -0.15) is 0 Å². The number of benzene rings is 3. The number of amides is 1. The van der Waals surface area contributed by atoms with Crippen LogP contribution >= 0.6 is 0 Å². The van der Waals surface area contributed by atoms with Crippen LogP contribution in [0.3, 0.4) is 0 Å². The first-order chi connectivity index (χ1) is 22.5. The number of hydrogen-bond donors (Lipinski definition) is 1. The second kappa shape index (κ2) is 12.3. The first kappa shape index (κ1) is 28.9. The van der Waals surface area contributed by atoms with Crippen molar-refractivity contribution in [2.75, 3.05) is 32.6 Å². The number of tetrazole rings is 1. The number of nitrogens with one attached hydrogen (secondary N) is 1. The monoisotopic (exact) mass is 618 g/mol. The Kier molecular flexibility index (Phi) is 7.72. The number of carbonyl (C=O) groups excluding carboxylic acids is 1. The standard InChI is InChI=1S/C33H30N8O5/c1-44-29-15-25(26(16-30(29)45-2)35-33(43)31-17-27(42)24-5-3-4-6-28(24)46-31)32-36-38-41(37-32)22-9-7-21(8-10-22)11-12-39-13-14-40-20-34-18-23(40)19-39/h3-10,15-18,20H,11-14,19H2,1-2H3,(H,35,43). The zero-order chi connectivity index (χ0) is 31.6. The first-order valence-corrected chi connectivity index (χ1v) is 14.7. The van der Waals surface area contributed by atoms with E-state index in [0.717, 1.165) is 38.3 Å². The molecule has 7 rings (SSSR count). The summed E-state index contributed by atoms with van der Waals surface area (Å²) in [6.45, 7) is 3.81. The van der Waals surface area contributed by atoms with Crippen molar-refractivity contribution in [1.82, 2.24) is 34.7 Å². The zero-order valence-corrected chi connectivity index (χ0v) is 25.2. The molecule has 0 saturated carbocycles. The molecule has 0 radical (unpaired) electrons. The highest BCUT2D eigenvalue weighted by atomic mass is 16.5. The van der Waals surface area contributed by atoms with Gasteiger partial charge in [-0.05, 0) is 47.5 Å². The molecule has 1 aliphatic rings. The number of nitrogens with zero attached hydrogens (tertiary/aromatic N) is 7. The van der Waals surface area contributed by atoms with Crippen LogP contribution in [-0.2, 0) is 19.5 Å². The van der Waals surface area contributed by atoms with Gasteiger partial charge in [0.05, 0.1) is 48.6 Å². The molecule has 6 aromatic rings. The fourth-order valence-corrected chi connectivity index (χ4v) is 5.51. The number of carbonyl (C=O) groups is 1. The highest BCUT2D eigenvalue weighted by Crippen LogP contribution is 2.38. The molecule has 0 unspecified atom stereocenters. The zero-order valence-electron chi connectivity index (χ0n) is 25.2. The largest absolute Gasteiger partial charge is 0.493 e. The van der Waals surface area contributed by atoms with Crippen LogP contribution in [0.1, 0.15) is 21.8 Å². The number of imidazole rings is 1. The molecule has 0 fully saturated rings. The number of methoxy groups -OCH3 is 2. The molecule has 4 heterocycles. The fourth-order valence-electron chi connectivity index (χ4n) is 5.51. The minimum atomic E-state index is -0.630. The number of para-hydroxylation sites is 1. The predicted octanol–water partition coefficient (Wildman–Crippen LogP) is 3.96. The van der Waals surface area contributed by atoms with Crippen molar-refractivity contribution in [2.24, 2.45) is 0 Å². The summed E-state index contributed by atoms with van der Waals surface area (Å²) in [6.07, 6.45) is 4.74. The Morgan fingerprint density at radius 1 is 1.00 bits per heavy atom. The third kappa shape index (κ3) is 5.71. The van der Waals surface area contributed by atoms with Gasteiger partial charge >= 0.3 is 0 Å². The minimum Gasteiger partial charge on any atom is -0.493 e. The number of anilines is 1. The van der Waals surface area contributed by atoms with Crippen molar-refractivity contribution in [3.63, 3.8) is 0 Å². The maximum absolute atomic E-state index is 13.3. The van der Waals surface area contributed by atoms with Crippen LogP contribution in [0.2, 0.25) is 0 Å². The van der Waals surface area contributed by atoms with Gasteiger partial charge in [0.25, 0.3) is 5.91 Å². The SMILES string of the molecule is COc1cc(NC(=O)c2cc(=O)c3ccccc3o2)c(-c2nnn(-c3ccc(CCN4CCn5cncc5C4)cc3)n2)cc1OC. The summed E-state index contributed by atoms with van der Waals surface area (Å²) in [4.78, 5) is 34.0. The van der Waals surface area contributed by atoms with Crippen molar-refractivity contribution in [3.8, 4) is 28.6 Å². The molecule has 0 bridgehead atoms. The van der Waals surface area contributed by atoms with E-state index in [9.17, 15) is 9.59 Å². The molecule has 46 heavy (non-hydrogen) atoms. The molecular formula is C33H30N8O5. The normalized spacial score (nSPS) is 13.0. The van der Waals surface area contributed by atoms with Crippen LogP contribution in [0.5, 0.6) is 11.5 Å². The summed E-state index contributed by atoms with van der Waals surface area (Å²) in [5, 5.41) is 16.3. The predicted molar refractivity (Wildman–Crippen MR) is 169 cm³/mol. The van der Waals surface area contributed by atoms with E-state index in [4.69, 9.17) is 13.9 Å². The molecule has 0 spiro atoms. The van der Waals surface area contributed by atoms with E-state index < -0.39 is 5.91 Å². The Hall–Kier alpha value is -5.82. The molecular weight excluding hydrogens is 588 g/mol. The van der Waals surface area contributed by atoms with Crippen LogP contribution in [0, 0.1) is 0 Å². The van der Waals surface area contributed by atoms with E-state index in [1.54, 1.807) is 36.4 Å². The number of ether oxygens (including phenoxy) is 2. The molecule has 0 saturated heterocycles. The Labute approximate surface area is 263 Å². The van der Waals surface area contributed by atoms with E-state index >= 15 is 0 Å². The molecule has 3 aromatic carbocycles. The van der Waals surface area contributed by atoms with E-state index in [2.05, 4.69) is 47.3 Å². The summed E-state index contributed by atoms with van der Waals surface area (Å²) < 4.78 is 18.9. The van der Waals surface area contributed by atoms with Crippen LogP contribution in [0.15, 0.2) is 88.5 Å². The maximum Gasteiger partial charge on any atom is 0.291 e. The lowest BCUT2D eigenvalue weighted by Crippen LogP contribution is -2.34. The van der Waals surface area contributed by atoms with Crippen molar-refractivity contribution in [2.45, 2.75) is 19.5 Å². The summed E-state index contributed by atoms with van der Waals surface area (Å²) in [5.41, 5.74) is 3.90. The minimum absolute atomic E-state index is 0.145. The summed E-state index contributed by atoms with van der Waals surface area (Å²) >= 11 is 0. The van der Waals surface area contributed by atoms with Gasteiger partial charge < -0.3 is 23.8 Å². The summed E-state index contributed by atoms with van der Waals surface area (Å²) in [7, 11) is 3.00. The van der Waals surface area contributed by atoms with Gasteiger partial charge in [-0.15, -0.1) is 15.0 Å². The van der Waals surface area contributed by atoms with Gasteiger partial charge in [0.1, 0.15) is 5.58 Å². The molecule has 0 atom stereocenters. The number of aromatic nitrogens is 6. The second-order valence-electron chi connectivity index (χ2n) is 10.9. The highest BCUT2D eigenvalue weighted by Gasteiger charge is 2.21. The second-order valence-corrected chi connectivity index (χ2v) is 10.9. The lowest BCUT2D eigenvalue weighted by Gasteiger charge is -2.27. The molecule has 13 heteroatoms. The molecule has 232 valence electrons. The molecule has 0 aliphatic carbocycles. The summed E-state index contributed by atoms with van der Waals surface area (Å²) in [6, 6.07) is 19.2. The van der Waals surface area contributed by atoms with Gasteiger partial charge in [0.2, 0.25) is 5.82 Å². The van der Waals surface area contributed by atoms with Crippen LogP contribution < -0.4 is 20.2 Å². The Balaban J connectivity index is 1.11. The lowest BCUT2D eigenvalue weighted by atomic mass is 10.1. The third-order valence-corrected chi connectivity index (χ3v) is 8.01. The van der Waals surface area contributed by atoms with Crippen molar-refractivity contribution in [3.05, 3.63) is 106 Å². The van der Waals surface area contributed by atoms with E-state index in [1.165, 1.54) is 36.3 Å². The Bertz CT molecular complexity index is 2100. The van der Waals surface area contributed by atoms with Gasteiger partial charge in [-0.1, -0.05) is 24.3 Å². The van der Waals surface area contributed by atoms with Gasteiger partial charge in [-0.3, -0.25) is 14.5 Å². The lowest BCUT2D eigenvalue weighted by molar-refractivity contribution is 0.0997. The van der Waals surface area contributed by atoms with Gasteiger partial charge in [0, 0.05) is 44.5 Å². The third-order valence-electron chi connectivity index (χ3n) is 8.01. The molecule has 1 amide bonds. The van der Waals surface area contributed by atoms with Crippen LogP contribution in [-0.4, -0.2) is 67.9 Å². The highest BCUT2D eigenvalue weighted by molar-refractivity contribution is 6.05. The Morgan fingerprint density at radius 2 is 1.80 bits per heavy atom. The van der Waals surface area contributed by atoms with Crippen molar-refractivity contribution >= 4 is 22.6 Å². The maximum atomic E-state index is 13.3.